The van der Waals surface area contributed by atoms with Crippen LogP contribution in [0.1, 0.15) is 32.3 Å². The van der Waals surface area contributed by atoms with Crippen LogP contribution in [-0.4, -0.2) is 12.6 Å². The van der Waals surface area contributed by atoms with E-state index in [-0.39, 0.29) is 11.9 Å². The smallest absolute Gasteiger partial charge is 0.308 e. The average Bonchev–Trinajstić information content (AvgIpc) is 2.56. The molecular formula is C20H24O2. The Kier molecular flexibility index (Phi) is 6.20. The van der Waals surface area contributed by atoms with Gasteiger partial charge in [0.25, 0.3) is 0 Å². The molecule has 0 aliphatic heterocycles. The van der Waals surface area contributed by atoms with Crippen molar-refractivity contribution in [1.29, 1.82) is 0 Å². The van der Waals surface area contributed by atoms with E-state index < -0.39 is 0 Å². The molecule has 0 heterocycles. The van der Waals surface area contributed by atoms with E-state index >= 15 is 0 Å². The van der Waals surface area contributed by atoms with Crippen LogP contribution >= 0.6 is 0 Å². The van der Waals surface area contributed by atoms with Gasteiger partial charge in [-0.2, -0.15) is 0 Å². The molecule has 1 atom stereocenters. The van der Waals surface area contributed by atoms with E-state index in [1.165, 1.54) is 16.7 Å². The molecule has 22 heavy (non-hydrogen) atoms. The lowest BCUT2D eigenvalue weighted by Crippen LogP contribution is -2.14. The predicted molar refractivity (Wildman–Crippen MR) is 90.6 cm³/mol. The molecule has 2 heteroatoms. The monoisotopic (exact) mass is 296 g/mol. The van der Waals surface area contributed by atoms with Crippen LogP contribution in [0.3, 0.4) is 0 Å². The molecule has 0 aromatic heterocycles. The first kappa shape index (κ1) is 16.3. The zero-order valence-electron chi connectivity index (χ0n) is 13.4. The van der Waals surface area contributed by atoms with Crippen molar-refractivity contribution < 1.29 is 9.53 Å². The van der Waals surface area contributed by atoms with E-state index in [1.807, 2.05) is 19.9 Å². The number of carbonyl (C=O) groups is 1. The fourth-order valence-electron chi connectivity index (χ4n) is 2.51. The van der Waals surface area contributed by atoms with E-state index in [0.29, 0.717) is 6.61 Å². The van der Waals surface area contributed by atoms with Gasteiger partial charge in [0.05, 0.1) is 12.5 Å². The van der Waals surface area contributed by atoms with E-state index in [4.69, 9.17) is 4.74 Å². The molecule has 0 aliphatic carbocycles. The Bertz CT molecular complexity index is 572. The van der Waals surface area contributed by atoms with E-state index in [9.17, 15) is 4.79 Å². The highest BCUT2D eigenvalue weighted by atomic mass is 16.5. The second-order valence-electron chi connectivity index (χ2n) is 5.61. The topological polar surface area (TPSA) is 26.3 Å². The van der Waals surface area contributed by atoms with Crippen LogP contribution in [0.2, 0.25) is 0 Å². The summed E-state index contributed by atoms with van der Waals surface area (Å²) < 4.78 is 5.03. The van der Waals surface area contributed by atoms with Gasteiger partial charge in [0.1, 0.15) is 0 Å². The van der Waals surface area contributed by atoms with E-state index in [0.717, 1.165) is 19.3 Å². The average molecular weight is 296 g/mol. The van der Waals surface area contributed by atoms with Crippen molar-refractivity contribution in [3.05, 3.63) is 60.2 Å². The minimum atomic E-state index is -0.0816. The summed E-state index contributed by atoms with van der Waals surface area (Å²) in [7, 11) is 0. The summed E-state index contributed by atoms with van der Waals surface area (Å²) in [5, 5.41) is 0. The van der Waals surface area contributed by atoms with Crippen molar-refractivity contribution in [2.75, 3.05) is 6.61 Å². The van der Waals surface area contributed by atoms with E-state index in [2.05, 4.69) is 48.5 Å². The van der Waals surface area contributed by atoms with Crippen molar-refractivity contribution in [3.63, 3.8) is 0 Å². The van der Waals surface area contributed by atoms with Gasteiger partial charge in [0.2, 0.25) is 0 Å². The third kappa shape index (κ3) is 4.73. The zero-order chi connectivity index (χ0) is 15.8. The van der Waals surface area contributed by atoms with Crippen molar-refractivity contribution >= 4 is 5.97 Å². The van der Waals surface area contributed by atoms with Gasteiger partial charge >= 0.3 is 5.97 Å². The zero-order valence-corrected chi connectivity index (χ0v) is 13.4. The summed E-state index contributed by atoms with van der Waals surface area (Å²) in [6.07, 6.45) is 2.88. The summed E-state index contributed by atoms with van der Waals surface area (Å²) in [4.78, 5) is 11.6. The molecule has 0 bridgehead atoms. The van der Waals surface area contributed by atoms with Crippen LogP contribution < -0.4 is 0 Å². The predicted octanol–water partition coefficient (Wildman–Crippen LogP) is 4.88. The normalized spacial score (nSPS) is 11.9. The highest BCUT2D eigenvalue weighted by molar-refractivity contribution is 5.71. The van der Waals surface area contributed by atoms with Gasteiger partial charge in [0.15, 0.2) is 0 Å². The Hall–Kier alpha value is -2.09. The lowest BCUT2D eigenvalue weighted by molar-refractivity contribution is -0.147. The van der Waals surface area contributed by atoms with Crippen LogP contribution in [0, 0.1) is 5.92 Å². The maximum Gasteiger partial charge on any atom is 0.308 e. The van der Waals surface area contributed by atoms with Gasteiger partial charge in [-0.25, -0.2) is 0 Å². The van der Waals surface area contributed by atoms with Crippen molar-refractivity contribution in [1.82, 2.24) is 0 Å². The number of rotatable bonds is 7. The third-order valence-corrected chi connectivity index (χ3v) is 3.85. The molecule has 2 aromatic rings. The quantitative estimate of drug-likeness (QED) is 0.681. The molecule has 2 nitrogen and oxygen atoms in total. The molecule has 2 rings (SSSR count). The Labute approximate surface area is 133 Å². The second kappa shape index (κ2) is 8.38. The Morgan fingerprint density at radius 2 is 1.64 bits per heavy atom. The van der Waals surface area contributed by atoms with Crippen LogP contribution in [0.4, 0.5) is 0 Å². The van der Waals surface area contributed by atoms with Crippen molar-refractivity contribution in [2.45, 2.75) is 33.1 Å². The standard InChI is InChI=1S/C20H24O2/c1-3-22-20(21)16(2)8-7-9-17-12-14-19(15-13-17)18-10-5-4-6-11-18/h4-6,10-16H,3,7-9H2,1-2H3. The largest absolute Gasteiger partial charge is 0.466 e. The summed E-state index contributed by atoms with van der Waals surface area (Å²) in [6, 6.07) is 19.1. The number of hydrogen-bond donors (Lipinski definition) is 0. The lowest BCUT2D eigenvalue weighted by Gasteiger charge is -2.10. The molecule has 0 N–H and O–H groups in total. The van der Waals surface area contributed by atoms with Crippen molar-refractivity contribution in [3.8, 4) is 11.1 Å². The van der Waals surface area contributed by atoms with Crippen LogP contribution in [0.5, 0.6) is 0 Å². The molecule has 0 radical (unpaired) electrons. The Balaban J connectivity index is 1.83. The molecule has 0 saturated carbocycles. The van der Waals surface area contributed by atoms with Gasteiger partial charge in [-0.1, -0.05) is 61.5 Å². The number of benzene rings is 2. The Morgan fingerprint density at radius 1 is 1.00 bits per heavy atom. The first-order chi connectivity index (χ1) is 10.7. The van der Waals surface area contributed by atoms with Gasteiger partial charge in [-0.05, 0) is 42.9 Å². The maximum absolute atomic E-state index is 11.6. The number of ether oxygens (including phenoxy) is 1. The highest BCUT2D eigenvalue weighted by Gasteiger charge is 2.13. The minimum Gasteiger partial charge on any atom is -0.466 e. The van der Waals surface area contributed by atoms with Gasteiger partial charge < -0.3 is 4.74 Å². The van der Waals surface area contributed by atoms with E-state index in [1.54, 1.807) is 0 Å². The van der Waals surface area contributed by atoms with Crippen LogP contribution in [0.25, 0.3) is 11.1 Å². The SMILES string of the molecule is CCOC(=O)C(C)CCCc1ccc(-c2ccccc2)cc1. The molecule has 0 aliphatic rings. The fraction of sp³-hybridized carbons (Fsp3) is 0.350. The second-order valence-corrected chi connectivity index (χ2v) is 5.61. The summed E-state index contributed by atoms with van der Waals surface area (Å²) >= 11 is 0. The summed E-state index contributed by atoms with van der Waals surface area (Å²) in [5.41, 5.74) is 3.80. The van der Waals surface area contributed by atoms with Crippen LogP contribution in [-0.2, 0) is 16.0 Å². The molecule has 2 aromatic carbocycles. The lowest BCUT2D eigenvalue weighted by atomic mass is 9.99. The number of aryl methyl sites for hydroxylation is 1. The minimum absolute atomic E-state index is 0.0106. The molecule has 0 spiro atoms. The van der Waals surface area contributed by atoms with Crippen LogP contribution in [0.15, 0.2) is 54.6 Å². The Morgan fingerprint density at radius 3 is 2.27 bits per heavy atom. The summed E-state index contributed by atoms with van der Waals surface area (Å²) in [5.74, 6) is -0.0922. The number of hydrogen-bond acceptors (Lipinski definition) is 2. The maximum atomic E-state index is 11.6. The third-order valence-electron chi connectivity index (χ3n) is 3.85. The molecular weight excluding hydrogens is 272 g/mol. The number of carbonyl (C=O) groups excluding carboxylic acids is 1. The van der Waals surface area contributed by atoms with Gasteiger partial charge in [-0.3, -0.25) is 4.79 Å². The molecule has 116 valence electrons. The first-order valence-electron chi connectivity index (χ1n) is 8.01. The molecule has 0 fully saturated rings. The summed E-state index contributed by atoms with van der Waals surface area (Å²) in [6.45, 7) is 4.25. The molecule has 0 amide bonds. The van der Waals surface area contributed by atoms with Gasteiger partial charge in [-0.15, -0.1) is 0 Å². The molecule has 1 unspecified atom stereocenters. The fourth-order valence-corrected chi connectivity index (χ4v) is 2.51. The first-order valence-corrected chi connectivity index (χ1v) is 8.01. The van der Waals surface area contributed by atoms with Gasteiger partial charge in [0, 0.05) is 0 Å². The van der Waals surface area contributed by atoms with Crippen molar-refractivity contribution in [2.24, 2.45) is 5.92 Å². The highest BCUT2D eigenvalue weighted by Crippen LogP contribution is 2.20. The number of esters is 1. The molecule has 0 saturated heterocycles.